The number of benzene rings is 2. The third-order valence-electron chi connectivity index (χ3n) is 4.91. The second kappa shape index (κ2) is 5.45. The number of hydrogen-bond acceptors (Lipinski definition) is 1. The van der Waals surface area contributed by atoms with E-state index < -0.39 is 0 Å². The van der Waals surface area contributed by atoms with E-state index in [0.29, 0.717) is 0 Å². The Bertz CT molecular complexity index is 933. The summed E-state index contributed by atoms with van der Waals surface area (Å²) in [6.07, 6.45) is 3.84. The first-order chi connectivity index (χ1) is 10.9. The number of fused-ring (bicyclic) bond motifs is 2. The Morgan fingerprint density at radius 1 is 1.09 bits per heavy atom. The predicted octanol–water partition coefficient (Wildman–Crippen LogP) is 3.47. The van der Waals surface area contributed by atoms with Crippen molar-refractivity contribution in [2.45, 2.75) is 33.1 Å². The zero-order valence-corrected chi connectivity index (χ0v) is 14.4. The van der Waals surface area contributed by atoms with Crippen LogP contribution in [0.2, 0.25) is 0 Å². The summed E-state index contributed by atoms with van der Waals surface area (Å²) in [5, 5.41) is 2.34. The maximum atomic E-state index is 14.7. The number of rotatable bonds is 1. The van der Waals surface area contributed by atoms with E-state index in [1.165, 1.54) is 10.8 Å². The minimum Gasteiger partial charge on any atom is -0.296 e. The molecule has 23 heavy (non-hydrogen) atoms. The van der Waals surface area contributed by atoms with Crippen LogP contribution in [0, 0.1) is 12.7 Å². The van der Waals surface area contributed by atoms with E-state index >= 15 is 0 Å². The zero-order chi connectivity index (χ0) is 16.8. The van der Waals surface area contributed by atoms with Gasteiger partial charge in [0.25, 0.3) is 0 Å². The molecule has 0 bridgehead atoms. The van der Waals surface area contributed by atoms with Gasteiger partial charge in [-0.1, -0.05) is 38.1 Å². The lowest BCUT2D eigenvalue weighted by molar-refractivity contribution is 0.540. The SMILES string of the molecule is C/N=C/C=c1/cccc2c1=C(C)c1c(C)ccc(F)c1C2(C)C. The second-order valence-electron chi connectivity index (χ2n) is 6.71. The van der Waals surface area contributed by atoms with Crippen molar-refractivity contribution in [1.82, 2.24) is 0 Å². The van der Waals surface area contributed by atoms with Crippen LogP contribution in [0.15, 0.2) is 35.3 Å². The smallest absolute Gasteiger partial charge is 0.127 e. The molecular formula is C21H22FN. The average molecular weight is 307 g/mol. The third-order valence-corrected chi connectivity index (χ3v) is 4.91. The molecule has 2 heteroatoms. The van der Waals surface area contributed by atoms with Gasteiger partial charge in [-0.15, -0.1) is 0 Å². The van der Waals surface area contributed by atoms with Crippen LogP contribution < -0.4 is 10.4 Å². The van der Waals surface area contributed by atoms with Gasteiger partial charge in [-0.2, -0.15) is 0 Å². The van der Waals surface area contributed by atoms with Crippen molar-refractivity contribution in [2.24, 2.45) is 4.99 Å². The van der Waals surface area contributed by atoms with E-state index in [0.717, 1.165) is 27.5 Å². The van der Waals surface area contributed by atoms with Crippen LogP contribution in [0.4, 0.5) is 4.39 Å². The maximum absolute atomic E-state index is 14.7. The average Bonchev–Trinajstić information content (AvgIpc) is 2.52. The monoisotopic (exact) mass is 307 g/mol. The van der Waals surface area contributed by atoms with Crippen molar-refractivity contribution < 1.29 is 4.39 Å². The van der Waals surface area contributed by atoms with E-state index in [4.69, 9.17) is 0 Å². The topological polar surface area (TPSA) is 12.4 Å². The molecule has 1 nitrogen and oxygen atoms in total. The van der Waals surface area contributed by atoms with Gasteiger partial charge in [0.2, 0.25) is 0 Å². The van der Waals surface area contributed by atoms with Crippen LogP contribution in [0.1, 0.15) is 43.0 Å². The highest BCUT2D eigenvalue weighted by atomic mass is 19.1. The largest absolute Gasteiger partial charge is 0.296 e. The Morgan fingerprint density at radius 3 is 2.52 bits per heavy atom. The first-order valence-corrected chi connectivity index (χ1v) is 7.92. The molecule has 3 rings (SSSR count). The molecule has 0 atom stereocenters. The quantitative estimate of drug-likeness (QED) is 0.715. The molecule has 0 radical (unpaired) electrons. The highest BCUT2D eigenvalue weighted by Crippen LogP contribution is 2.40. The molecular weight excluding hydrogens is 285 g/mol. The normalized spacial score (nSPS) is 16.6. The fraction of sp³-hybridized carbons (Fsp3) is 0.286. The van der Waals surface area contributed by atoms with Crippen molar-refractivity contribution in [1.29, 1.82) is 0 Å². The fourth-order valence-electron chi connectivity index (χ4n) is 3.84. The Labute approximate surface area is 136 Å². The van der Waals surface area contributed by atoms with E-state index in [9.17, 15) is 4.39 Å². The summed E-state index contributed by atoms with van der Waals surface area (Å²) in [6.45, 7) is 8.37. The minimum absolute atomic E-state index is 0.120. The third kappa shape index (κ3) is 2.24. The molecule has 2 aromatic rings. The standard InChI is InChI=1S/C21H22FN/c1-13-9-10-17(22)20-18(13)14(2)19-15(11-12-23-5)7-6-8-16(19)21(20,3)4/h6-12H,1-5H3/b15-11-,23-12+. The lowest BCUT2D eigenvalue weighted by Crippen LogP contribution is -2.42. The van der Waals surface area contributed by atoms with Crippen LogP contribution in [-0.2, 0) is 5.41 Å². The molecule has 2 aromatic carbocycles. The van der Waals surface area contributed by atoms with Crippen molar-refractivity contribution in [3.8, 4) is 0 Å². The molecule has 1 aliphatic carbocycles. The van der Waals surface area contributed by atoms with E-state index in [1.54, 1.807) is 13.1 Å². The summed E-state index contributed by atoms with van der Waals surface area (Å²) in [5.41, 5.74) is 4.93. The van der Waals surface area contributed by atoms with Gasteiger partial charge >= 0.3 is 0 Å². The molecule has 1 aliphatic rings. The van der Waals surface area contributed by atoms with Gasteiger partial charge < -0.3 is 0 Å². The van der Waals surface area contributed by atoms with Crippen LogP contribution in [0.5, 0.6) is 0 Å². The minimum atomic E-state index is -0.368. The molecule has 0 N–H and O–H groups in total. The van der Waals surface area contributed by atoms with E-state index in [-0.39, 0.29) is 11.2 Å². The second-order valence-corrected chi connectivity index (χ2v) is 6.71. The van der Waals surface area contributed by atoms with Crippen LogP contribution in [0.25, 0.3) is 11.6 Å². The summed E-state index contributed by atoms with van der Waals surface area (Å²) in [7, 11) is 1.77. The van der Waals surface area contributed by atoms with Crippen LogP contribution in [0.3, 0.4) is 0 Å². The van der Waals surface area contributed by atoms with Gasteiger partial charge in [0.05, 0.1) is 0 Å². The number of aryl methyl sites for hydroxylation is 1. The van der Waals surface area contributed by atoms with Gasteiger partial charge in [-0.05, 0) is 58.7 Å². The molecule has 0 fully saturated rings. The lowest BCUT2D eigenvalue weighted by Gasteiger charge is -2.35. The first kappa shape index (κ1) is 15.7. The number of nitrogens with zero attached hydrogens (tertiary/aromatic N) is 1. The number of aliphatic imine (C=N–C) groups is 1. The molecule has 0 aliphatic heterocycles. The summed E-state index contributed by atoms with van der Waals surface area (Å²) >= 11 is 0. The molecule has 0 amide bonds. The van der Waals surface area contributed by atoms with Gasteiger partial charge in [0.1, 0.15) is 5.82 Å². The van der Waals surface area contributed by atoms with Crippen molar-refractivity contribution >= 4 is 17.9 Å². The Hall–Kier alpha value is -2.22. The van der Waals surface area contributed by atoms with Crippen LogP contribution in [-0.4, -0.2) is 13.3 Å². The zero-order valence-electron chi connectivity index (χ0n) is 14.4. The van der Waals surface area contributed by atoms with Gasteiger partial charge in [0, 0.05) is 24.2 Å². The highest BCUT2D eigenvalue weighted by Gasteiger charge is 2.34. The Morgan fingerprint density at radius 2 is 1.83 bits per heavy atom. The van der Waals surface area contributed by atoms with Gasteiger partial charge in [-0.25, -0.2) is 4.39 Å². The summed E-state index contributed by atoms with van der Waals surface area (Å²) in [5.74, 6) is -0.120. The molecule has 0 saturated carbocycles. The summed E-state index contributed by atoms with van der Waals surface area (Å²) in [6, 6.07) is 9.72. The van der Waals surface area contributed by atoms with Crippen molar-refractivity contribution in [2.75, 3.05) is 7.05 Å². The molecule has 0 saturated heterocycles. The van der Waals surface area contributed by atoms with Gasteiger partial charge in [-0.3, -0.25) is 4.99 Å². The number of halogens is 1. The summed E-state index contributed by atoms with van der Waals surface area (Å²) < 4.78 is 14.7. The van der Waals surface area contributed by atoms with Gasteiger partial charge in [0.15, 0.2) is 0 Å². The van der Waals surface area contributed by atoms with Crippen LogP contribution >= 0.6 is 0 Å². The first-order valence-electron chi connectivity index (χ1n) is 7.92. The Kier molecular flexibility index (Phi) is 3.71. The molecule has 0 spiro atoms. The maximum Gasteiger partial charge on any atom is 0.127 e. The summed E-state index contributed by atoms with van der Waals surface area (Å²) in [4.78, 5) is 4.07. The van der Waals surface area contributed by atoms with E-state index in [1.807, 2.05) is 24.4 Å². The predicted molar refractivity (Wildman–Crippen MR) is 96.0 cm³/mol. The molecule has 118 valence electrons. The van der Waals surface area contributed by atoms with Crippen molar-refractivity contribution in [3.05, 3.63) is 68.8 Å². The highest BCUT2D eigenvalue weighted by molar-refractivity contribution is 5.91. The fourth-order valence-corrected chi connectivity index (χ4v) is 3.84. The molecule has 0 heterocycles. The molecule has 0 unspecified atom stereocenters. The van der Waals surface area contributed by atoms with Crippen molar-refractivity contribution in [3.63, 3.8) is 0 Å². The van der Waals surface area contributed by atoms with E-state index in [2.05, 4.69) is 44.8 Å². The molecule has 0 aromatic heterocycles. The Balaban J connectivity index is 2.59. The lowest BCUT2D eigenvalue weighted by atomic mass is 9.69. The number of hydrogen-bond donors (Lipinski definition) is 0.